The standard InChI is InChI=1S/C34H42N6O5Si.C24H21N5O2/c1-22-30(37-31(39(22)21-43-17-18-46(6,7)8)29(41)12-9-24-13-15-35-16-14-24)25-10-11-27-26(19-25)20-28(32-36-23(2)38-45-32)40(27)33(42)44-34(3,4)5;1-14-11-20(22(30)6-3-16-7-9-25-10-8-16)28-23(14)17-4-5-19-18(12-17)13-21(27-19)24-26-15(2)29-31-24/h10-11,13-16,19-20H,9,12,17-18,21H2,1-8H3;4-5,7-10,12-13,27H,3,6,11H2,1-2H3. The number of aromatic amines is 1. The molecule has 8 heterocycles. The number of H-pyrrole nitrogens is 1. The number of ether oxygens (including phenoxy) is 2. The highest BCUT2D eigenvalue weighted by Gasteiger charge is 2.28. The summed E-state index contributed by atoms with van der Waals surface area (Å²) in [5, 5.41) is 9.53. The number of aliphatic imine (C=N–C) groups is 1. The molecule has 396 valence electrons. The Morgan fingerprint density at radius 3 is 1.97 bits per heavy atom. The Morgan fingerprint density at radius 2 is 1.35 bits per heavy atom. The zero-order valence-electron chi connectivity index (χ0n) is 45.2. The molecule has 9 aromatic rings. The Kier molecular flexibility index (Phi) is 15.6. The lowest BCUT2D eigenvalue weighted by atomic mass is 10.0. The third-order valence-electron chi connectivity index (χ3n) is 12.9. The van der Waals surface area contributed by atoms with Crippen molar-refractivity contribution in [2.24, 2.45) is 4.99 Å². The number of rotatable bonds is 17. The number of benzene rings is 2. The Balaban J connectivity index is 0.000000202. The first kappa shape index (κ1) is 53.5. The summed E-state index contributed by atoms with van der Waals surface area (Å²) in [7, 11) is -1.29. The molecular formula is C58H63N11O7Si. The van der Waals surface area contributed by atoms with Crippen LogP contribution in [-0.4, -0.2) is 93.0 Å². The minimum atomic E-state index is -1.29. The SMILES string of the molecule is CC1=C(c2ccc3[nH]c(-c4nc(C)no4)cc3c2)N=C(C(=O)CCc2ccncc2)C1.Cc1noc(-c2cc3cc(-c4nc(C(=O)CCc5ccncc5)n(COCC[Si](C)(C)C)c4C)ccc3n2C(=O)OC(C)(C)C)n1. The maximum Gasteiger partial charge on any atom is 0.419 e. The van der Waals surface area contributed by atoms with E-state index in [0.717, 1.165) is 67.2 Å². The number of hydrogen-bond donors (Lipinski definition) is 1. The van der Waals surface area contributed by atoms with Crippen molar-refractivity contribution in [3.8, 4) is 34.4 Å². The van der Waals surface area contributed by atoms with Crippen molar-refractivity contribution in [3.63, 3.8) is 0 Å². The number of pyridine rings is 2. The molecule has 0 radical (unpaired) electrons. The summed E-state index contributed by atoms with van der Waals surface area (Å²) < 4.78 is 25.9. The molecule has 10 rings (SSSR count). The van der Waals surface area contributed by atoms with Crippen molar-refractivity contribution >= 4 is 58.9 Å². The first-order valence-corrected chi connectivity index (χ1v) is 29.4. The maximum atomic E-state index is 13.6. The van der Waals surface area contributed by atoms with Crippen molar-refractivity contribution in [1.82, 2.24) is 49.4 Å². The van der Waals surface area contributed by atoms with Gasteiger partial charge in [-0.1, -0.05) is 42.1 Å². The molecule has 0 bridgehead atoms. The Labute approximate surface area is 447 Å². The maximum absolute atomic E-state index is 13.6. The van der Waals surface area contributed by atoms with E-state index in [1.807, 2.05) is 106 Å². The van der Waals surface area contributed by atoms with Gasteiger partial charge in [-0.05, 0) is 145 Å². The number of nitrogens with zero attached hydrogens (tertiary/aromatic N) is 10. The molecule has 0 spiro atoms. The van der Waals surface area contributed by atoms with Gasteiger partial charge >= 0.3 is 6.09 Å². The van der Waals surface area contributed by atoms with Gasteiger partial charge in [0.1, 0.15) is 23.7 Å². The number of carbonyl (C=O) groups excluding carboxylic acids is 3. The van der Waals surface area contributed by atoms with Gasteiger partial charge in [-0.2, -0.15) is 9.97 Å². The topological polar surface area (TPSA) is 224 Å². The molecule has 0 atom stereocenters. The normalized spacial score (nSPS) is 12.8. The van der Waals surface area contributed by atoms with E-state index in [2.05, 4.69) is 60.9 Å². The second-order valence-electron chi connectivity index (χ2n) is 21.5. The third-order valence-corrected chi connectivity index (χ3v) is 14.6. The quantitative estimate of drug-likeness (QED) is 0.0509. The van der Waals surface area contributed by atoms with E-state index in [1.54, 1.807) is 38.6 Å². The lowest BCUT2D eigenvalue weighted by molar-refractivity contribution is -0.113. The molecular weight excluding hydrogens is 991 g/mol. The van der Waals surface area contributed by atoms with Gasteiger partial charge in [0.05, 0.1) is 22.6 Å². The summed E-state index contributed by atoms with van der Waals surface area (Å²) in [6.45, 7) is 20.7. The van der Waals surface area contributed by atoms with Gasteiger partial charge in [-0.25, -0.2) is 19.3 Å². The molecule has 0 saturated heterocycles. The lowest BCUT2D eigenvalue weighted by Gasteiger charge is -2.20. The van der Waals surface area contributed by atoms with Gasteiger partial charge in [0.2, 0.25) is 0 Å². The minimum Gasteiger partial charge on any atom is -0.443 e. The molecule has 0 aliphatic carbocycles. The van der Waals surface area contributed by atoms with E-state index in [9.17, 15) is 14.4 Å². The first-order valence-electron chi connectivity index (χ1n) is 25.7. The average Bonchev–Trinajstić information content (AvgIpc) is 4.30. The van der Waals surface area contributed by atoms with Gasteiger partial charge in [-0.3, -0.25) is 19.6 Å². The van der Waals surface area contributed by atoms with Crippen molar-refractivity contribution in [3.05, 3.63) is 143 Å². The largest absolute Gasteiger partial charge is 0.443 e. The van der Waals surface area contributed by atoms with Crippen LogP contribution < -0.4 is 0 Å². The molecule has 0 amide bonds. The van der Waals surface area contributed by atoms with E-state index in [1.165, 1.54) is 4.57 Å². The number of carbonyl (C=O) groups is 3. The highest BCUT2D eigenvalue weighted by Crippen LogP contribution is 2.35. The van der Waals surface area contributed by atoms with Crippen molar-refractivity contribution in [2.75, 3.05) is 6.61 Å². The van der Waals surface area contributed by atoms with Crippen molar-refractivity contribution in [1.29, 1.82) is 0 Å². The molecule has 2 aromatic carbocycles. The molecule has 7 aromatic heterocycles. The molecule has 1 aliphatic rings. The molecule has 1 aliphatic heterocycles. The van der Waals surface area contributed by atoms with Gasteiger partial charge in [0.25, 0.3) is 11.8 Å². The monoisotopic (exact) mass is 1050 g/mol. The van der Waals surface area contributed by atoms with Crippen LogP contribution in [0.3, 0.4) is 0 Å². The number of aromatic nitrogens is 10. The predicted octanol–water partition coefficient (Wildman–Crippen LogP) is 12.2. The van der Waals surface area contributed by atoms with E-state index in [0.29, 0.717) is 84.7 Å². The van der Waals surface area contributed by atoms with Crippen LogP contribution in [0.1, 0.15) is 91.6 Å². The van der Waals surface area contributed by atoms with Crippen LogP contribution in [0.25, 0.3) is 61.9 Å². The Bertz CT molecular complexity index is 3680. The van der Waals surface area contributed by atoms with Gasteiger partial charge < -0.3 is 28.1 Å². The zero-order chi connectivity index (χ0) is 54.6. The molecule has 1 N–H and O–H groups in total. The number of ketones is 2. The smallest absolute Gasteiger partial charge is 0.419 e. The molecule has 77 heavy (non-hydrogen) atoms. The number of Topliss-reactive ketones (excluding diaryl/α,β-unsaturated/α-hetero) is 2. The second kappa shape index (κ2) is 22.5. The van der Waals surface area contributed by atoms with Gasteiger partial charge in [0, 0.05) is 91.8 Å². The number of nitrogens with one attached hydrogen (secondary N) is 1. The second-order valence-corrected chi connectivity index (χ2v) is 27.1. The summed E-state index contributed by atoms with van der Waals surface area (Å²) in [6, 6.07) is 24.3. The van der Waals surface area contributed by atoms with E-state index in [-0.39, 0.29) is 24.2 Å². The van der Waals surface area contributed by atoms with Crippen LogP contribution >= 0.6 is 0 Å². The van der Waals surface area contributed by atoms with Crippen LogP contribution in [-0.2, 0) is 33.8 Å². The molecule has 18 nitrogen and oxygen atoms in total. The fraction of sp³-hybridized carbons (Fsp3) is 0.328. The summed E-state index contributed by atoms with van der Waals surface area (Å²) in [5.74, 6) is 2.12. The molecule has 0 saturated carbocycles. The lowest BCUT2D eigenvalue weighted by Crippen LogP contribution is -2.27. The average molecular weight is 1050 g/mol. The number of fused-ring (bicyclic) bond motifs is 2. The van der Waals surface area contributed by atoms with Crippen molar-refractivity contribution in [2.45, 2.75) is 119 Å². The number of aryl methyl sites for hydroxylation is 4. The van der Waals surface area contributed by atoms with E-state index in [4.69, 9.17) is 28.5 Å². The van der Waals surface area contributed by atoms with Crippen LogP contribution in [0.4, 0.5) is 4.79 Å². The van der Waals surface area contributed by atoms with Crippen LogP contribution in [0.15, 0.2) is 117 Å². The van der Waals surface area contributed by atoms with E-state index >= 15 is 0 Å². The minimum absolute atomic E-state index is 0.0637. The third kappa shape index (κ3) is 12.9. The van der Waals surface area contributed by atoms with E-state index < -0.39 is 19.8 Å². The summed E-state index contributed by atoms with van der Waals surface area (Å²) >= 11 is 0. The van der Waals surface area contributed by atoms with Crippen LogP contribution in [0.2, 0.25) is 25.7 Å². The first-order chi connectivity index (χ1) is 36.8. The van der Waals surface area contributed by atoms with Crippen molar-refractivity contribution < 1.29 is 32.9 Å². The molecule has 19 heteroatoms. The zero-order valence-corrected chi connectivity index (χ0v) is 46.2. The molecule has 0 fully saturated rings. The Hall–Kier alpha value is -8.29. The summed E-state index contributed by atoms with van der Waals surface area (Å²) in [5.41, 5.74) is 10.1. The summed E-state index contributed by atoms with van der Waals surface area (Å²) in [6.07, 6.45) is 9.04. The number of hydrogen-bond acceptors (Lipinski definition) is 15. The molecule has 0 unspecified atom stereocenters. The van der Waals surface area contributed by atoms with Gasteiger partial charge in [-0.15, -0.1) is 0 Å². The predicted molar refractivity (Wildman–Crippen MR) is 297 cm³/mol. The van der Waals surface area contributed by atoms with Crippen LogP contribution in [0.5, 0.6) is 0 Å². The van der Waals surface area contributed by atoms with Crippen LogP contribution in [0, 0.1) is 20.8 Å². The Morgan fingerprint density at radius 1 is 0.727 bits per heavy atom. The number of allylic oxidation sites excluding steroid dienone is 1. The highest BCUT2D eigenvalue weighted by molar-refractivity contribution is 6.76. The number of imidazole rings is 1. The summed E-state index contributed by atoms with van der Waals surface area (Å²) in [4.78, 5) is 69.4. The highest BCUT2D eigenvalue weighted by atomic mass is 28.3. The fourth-order valence-electron chi connectivity index (χ4n) is 8.89. The van der Waals surface area contributed by atoms with Gasteiger partial charge in [0.15, 0.2) is 29.0 Å². The fourth-order valence-corrected chi connectivity index (χ4v) is 9.64.